The molecule has 128 valence electrons. The molecule has 1 amide bonds. The molecular weight excluding hydrogens is 324 g/mol. The second-order valence-electron chi connectivity index (χ2n) is 5.57. The van der Waals surface area contributed by atoms with Crippen LogP contribution < -0.4 is 15.4 Å². The number of anilines is 1. The van der Waals surface area contributed by atoms with Gasteiger partial charge in [0.15, 0.2) is 0 Å². The molecule has 0 atom stereocenters. The predicted octanol–water partition coefficient (Wildman–Crippen LogP) is 3.82. The van der Waals surface area contributed by atoms with Crippen molar-refractivity contribution in [2.24, 2.45) is 0 Å². The van der Waals surface area contributed by atoms with E-state index in [1.54, 1.807) is 13.2 Å². The van der Waals surface area contributed by atoms with Crippen LogP contribution in [-0.4, -0.2) is 26.1 Å². The van der Waals surface area contributed by atoms with Gasteiger partial charge in [-0.2, -0.15) is 0 Å². The summed E-state index contributed by atoms with van der Waals surface area (Å²) in [6.07, 6.45) is 1.27. The highest BCUT2D eigenvalue weighted by Gasteiger charge is 2.06. The number of benzene rings is 2. The Kier molecular flexibility index (Phi) is 7.09. The van der Waals surface area contributed by atoms with E-state index in [4.69, 9.17) is 16.3 Å². The van der Waals surface area contributed by atoms with E-state index < -0.39 is 0 Å². The van der Waals surface area contributed by atoms with Crippen molar-refractivity contribution in [1.29, 1.82) is 0 Å². The van der Waals surface area contributed by atoms with Crippen LogP contribution >= 0.6 is 11.6 Å². The molecule has 2 aromatic carbocycles. The van der Waals surface area contributed by atoms with E-state index in [0.29, 0.717) is 18.0 Å². The Labute approximate surface area is 148 Å². The Bertz CT molecular complexity index is 689. The summed E-state index contributed by atoms with van der Waals surface area (Å²) in [5, 5.41) is 6.80. The number of hydrogen-bond acceptors (Lipinski definition) is 3. The zero-order valence-electron chi connectivity index (χ0n) is 14.1. The Morgan fingerprint density at radius 3 is 2.75 bits per heavy atom. The molecular formula is C19H23ClN2O2. The molecule has 0 aliphatic rings. The molecule has 24 heavy (non-hydrogen) atoms. The van der Waals surface area contributed by atoms with Crippen molar-refractivity contribution in [1.82, 2.24) is 5.32 Å². The molecule has 0 saturated heterocycles. The molecule has 0 heterocycles. The lowest BCUT2D eigenvalue weighted by Crippen LogP contribution is -2.24. The number of amides is 1. The van der Waals surface area contributed by atoms with Gasteiger partial charge in [-0.1, -0.05) is 35.9 Å². The summed E-state index contributed by atoms with van der Waals surface area (Å²) in [6, 6.07) is 13.4. The van der Waals surface area contributed by atoms with Crippen LogP contribution in [0.1, 0.15) is 17.5 Å². The minimum absolute atomic E-state index is 0.0230. The third-order valence-electron chi connectivity index (χ3n) is 3.77. The SMILES string of the molecule is COc1ccccc1CCNCCC(=O)Nc1cc(Cl)ccc1C. The molecule has 0 aliphatic heterocycles. The molecule has 2 N–H and O–H groups in total. The zero-order chi connectivity index (χ0) is 17.4. The summed E-state index contributed by atoms with van der Waals surface area (Å²) in [4.78, 5) is 12.0. The van der Waals surface area contributed by atoms with Crippen LogP contribution in [0.4, 0.5) is 5.69 Å². The number of ether oxygens (including phenoxy) is 1. The van der Waals surface area contributed by atoms with E-state index in [1.165, 1.54) is 0 Å². The van der Waals surface area contributed by atoms with Crippen molar-refractivity contribution in [3.63, 3.8) is 0 Å². The first-order valence-corrected chi connectivity index (χ1v) is 8.36. The number of methoxy groups -OCH3 is 1. The van der Waals surface area contributed by atoms with Crippen LogP contribution in [0.25, 0.3) is 0 Å². The molecule has 5 heteroatoms. The number of carbonyl (C=O) groups is 1. The molecule has 2 rings (SSSR count). The van der Waals surface area contributed by atoms with Crippen LogP contribution in [0.2, 0.25) is 5.02 Å². The summed E-state index contributed by atoms with van der Waals surface area (Å²) in [6.45, 7) is 3.36. The number of aryl methyl sites for hydroxylation is 1. The first-order valence-electron chi connectivity index (χ1n) is 7.99. The van der Waals surface area contributed by atoms with Gasteiger partial charge in [0.1, 0.15) is 5.75 Å². The zero-order valence-corrected chi connectivity index (χ0v) is 14.8. The first kappa shape index (κ1) is 18.3. The van der Waals surface area contributed by atoms with Gasteiger partial charge in [-0.05, 0) is 49.2 Å². The number of hydrogen-bond donors (Lipinski definition) is 2. The van der Waals surface area contributed by atoms with E-state index in [-0.39, 0.29) is 5.91 Å². The molecule has 0 aliphatic carbocycles. The van der Waals surface area contributed by atoms with E-state index in [2.05, 4.69) is 16.7 Å². The van der Waals surface area contributed by atoms with Crippen LogP contribution in [0.5, 0.6) is 5.75 Å². The number of carbonyl (C=O) groups excluding carboxylic acids is 1. The predicted molar refractivity (Wildman–Crippen MR) is 99.0 cm³/mol. The molecule has 0 unspecified atom stereocenters. The molecule has 2 aromatic rings. The number of nitrogens with one attached hydrogen (secondary N) is 2. The number of halogens is 1. The lowest BCUT2D eigenvalue weighted by molar-refractivity contribution is -0.116. The van der Waals surface area contributed by atoms with Gasteiger partial charge in [-0.25, -0.2) is 0 Å². The van der Waals surface area contributed by atoms with Gasteiger partial charge in [0.2, 0.25) is 5.91 Å². The Morgan fingerprint density at radius 2 is 1.96 bits per heavy atom. The van der Waals surface area contributed by atoms with Gasteiger partial charge in [0, 0.05) is 23.7 Å². The van der Waals surface area contributed by atoms with Gasteiger partial charge in [0.05, 0.1) is 7.11 Å². The third-order valence-corrected chi connectivity index (χ3v) is 4.00. The minimum Gasteiger partial charge on any atom is -0.496 e. The maximum Gasteiger partial charge on any atom is 0.225 e. The lowest BCUT2D eigenvalue weighted by Gasteiger charge is -2.10. The highest BCUT2D eigenvalue weighted by atomic mass is 35.5. The summed E-state index contributed by atoms with van der Waals surface area (Å²) in [7, 11) is 1.68. The fourth-order valence-electron chi connectivity index (χ4n) is 2.40. The monoisotopic (exact) mass is 346 g/mol. The smallest absolute Gasteiger partial charge is 0.225 e. The summed E-state index contributed by atoms with van der Waals surface area (Å²) in [5.74, 6) is 0.874. The molecule has 0 aromatic heterocycles. The minimum atomic E-state index is -0.0230. The Balaban J connectivity index is 1.70. The topological polar surface area (TPSA) is 50.4 Å². The third kappa shape index (κ3) is 5.55. The average molecular weight is 347 g/mol. The van der Waals surface area contributed by atoms with Crippen molar-refractivity contribution in [2.75, 3.05) is 25.5 Å². The highest BCUT2D eigenvalue weighted by molar-refractivity contribution is 6.31. The van der Waals surface area contributed by atoms with Crippen molar-refractivity contribution >= 4 is 23.2 Å². The summed E-state index contributed by atoms with van der Waals surface area (Å²) < 4.78 is 5.33. The average Bonchev–Trinajstić information content (AvgIpc) is 2.58. The van der Waals surface area contributed by atoms with Crippen LogP contribution in [0, 0.1) is 6.92 Å². The number of para-hydroxylation sites is 1. The van der Waals surface area contributed by atoms with Gasteiger partial charge in [-0.3, -0.25) is 4.79 Å². The molecule has 0 spiro atoms. The molecule has 0 fully saturated rings. The van der Waals surface area contributed by atoms with Gasteiger partial charge >= 0.3 is 0 Å². The van der Waals surface area contributed by atoms with Gasteiger partial charge in [-0.15, -0.1) is 0 Å². The van der Waals surface area contributed by atoms with E-state index >= 15 is 0 Å². The maximum atomic E-state index is 12.0. The van der Waals surface area contributed by atoms with Gasteiger partial charge in [0.25, 0.3) is 0 Å². The standard InChI is InChI=1S/C19H23ClN2O2/c1-14-7-8-16(20)13-17(14)22-19(23)10-12-21-11-9-15-5-3-4-6-18(15)24-2/h3-8,13,21H,9-12H2,1-2H3,(H,22,23). The quantitative estimate of drug-likeness (QED) is 0.714. The molecule has 4 nitrogen and oxygen atoms in total. The fourth-order valence-corrected chi connectivity index (χ4v) is 2.57. The van der Waals surface area contributed by atoms with Crippen molar-refractivity contribution < 1.29 is 9.53 Å². The normalized spacial score (nSPS) is 10.5. The molecule has 0 bridgehead atoms. The van der Waals surface area contributed by atoms with Crippen molar-refractivity contribution in [3.05, 3.63) is 58.6 Å². The van der Waals surface area contributed by atoms with Crippen molar-refractivity contribution in [3.8, 4) is 5.75 Å². The second kappa shape index (κ2) is 9.30. The first-order chi connectivity index (χ1) is 11.6. The molecule has 0 saturated carbocycles. The van der Waals surface area contributed by atoms with Gasteiger partial charge < -0.3 is 15.4 Å². The molecule has 0 radical (unpaired) electrons. The Morgan fingerprint density at radius 1 is 1.17 bits per heavy atom. The van der Waals surface area contributed by atoms with E-state index in [9.17, 15) is 4.79 Å². The maximum absolute atomic E-state index is 12.0. The number of rotatable bonds is 8. The fraction of sp³-hybridized carbons (Fsp3) is 0.316. The Hall–Kier alpha value is -2.04. The van der Waals surface area contributed by atoms with Crippen LogP contribution in [0.3, 0.4) is 0 Å². The van der Waals surface area contributed by atoms with Crippen LogP contribution in [-0.2, 0) is 11.2 Å². The van der Waals surface area contributed by atoms with Crippen LogP contribution in [0.15, 0.2) is 42.5 Å². The van der Waals surface area contributed by atoms with E-state index in [1.807, 2.05) is 37.3 Å². The van der Waals surface area contributed by atoms with E-state index in [0.717, 1.165) is 35.5 Å². The highest BCUT2D eigenvalue weighted by Crippen LogP contribution is 2.20. The van der Waals surface area contributed by atoms with Crippen molar-refractivity contribution in [2.45, 2.75) is 19.8 Å². The largest absolute Gasteiger partial charge is 0.496 e. The summed E-state index contributed by atoms with van der Waals surface area (Å²) in [5.41, 5.74) is 2.92. The summed E-state index contributed by atoms with van der Waals surface area (Å²) >= 11 is 5.95. The lowest BCUT2D eigenvalue weighted by atomic mass is 10.1. The second-order valence-corrected chi connectivity index (χ2v) is 6.01.